The molecule has 1 saturated heterocycles. The number of carbonyl (C=O) groups is 1. The van der Waals surface area contributed by atoms with Gasteiger partial charge in [-0.25, -0.2) is 0 Å². The summed E-state index contributed by atoms with van der Waals surface area (Å²) in [6, 6.07) is 0. The van der Waals surface area contributed by atoms with Crippen molar-refractivity contribution in [1.29, 1.82) is 0 Å². The van der Waals surface area contributed by atoms with Crippen LogP contribution in [0.4, 0.5) is 0 Å². The molecular formula is C15H28N2O. The van der Waals surface area contributed by atoms with Gasteiger partial charge in [0.15, 0.2) is 0 Å². The Bertz CT molecular complexity index is 262. The largest absolute Gasteiger partial charge is 0.356 e. The van der Waals surface area contributed by atoms with Crippen LogP contribution in [0.3, 0.4) is 0 Å². The van der Waals surface area contributed by atoms with E-state index in [1.54, 1.807) is 0 Å². The number of hydrogen-bond acceptors (Lipinski definition) is 2. The summed E-state index contributed by atoms with van der Waals surface area (Å²) in [5, 5.41) is 6.60. The summed E-state index contributed by atoms with van der Waals surface area (Å²) in [5.74, 6) is 1.19. The Morgan fingerprint density at radius 2 is 2.22 bits per heavy atom. The molecule has 0 aromatic rings. The number of piperidine rings is 1. The molecule has 1 atom stereocenters. The summed E-state index contributed by atoms with van der Waals surface area (Å²) in [6.07, 6.45) is 9.63. The van der Waals surface area contributed by atoms with E-state index < -0.39 is 0 Å². The Morgan fingerprint density at radius 1 is 1.39 bits per heavy atom. The molecule has 0 bridgehead atoms. The summed E-state index contributed by atoms with van der Waals surface area (Å²) in [5.41, 5.74) is -0.118. The lowest BCUT2D eigenvalue weighted by molar-refractivity contribution is -0.132. The van der Waals surface area contributed by atoms with Gasteiger partial charge >= 0.3 is 0 Å². The maximum absolute atomic E-state index is 12.4. The monoisotopic (exact) mass is 252 g/mol. The van der Waals surface area contributed by atoms with E-state index in [1.807, 2.05) is 0 Å². The topological polar surface area (TPSA) is 41.1 Å². The van der Waals surface area contributed by atoms with E-state index >= 15 is 0 Å². The van der Waals surface area contributed by atoms with Crippen LogP contribution in [0.5, 0.6) is 0 Å². The Labute approximate surface area is 111 Å². The van der Waals surface area contributed by atoms with E-state index in [2.05, 4.69) is 17.6 Å². The molecule has 1 unspecified atom stereocenters. The van der Waals surface area contributed by atoms with Crippen molar-refractivity contribution < 1.29 is 4.79 Å². The number of rotatable bonds is 6. The molecule has 0 aromatic heterocycles. The molecule has 1 amide bonds. The van der Waals surface area contributed by atoms with Gasteiger partial charge in [-0.1, -0.05) is 32.6 Å². The zero-order valence-corrected chi connectivity index (χ0v) is 11.8. The third-order valence-corrected chi connectivity index (χ3v) is 4.75. The van der Waals surface area contributed by atoms with Gasteiger partial charge in [-0.05, 0) is 38.1 Å². The standard InChI is InChI=1S/C15H28N2O/c1-2-8-15(9-4-10-16-12-15)14(18)17-11-7-13-5-3-6-13/h13,16H,2-12H2,1H3,(H,17,18). The van der Waals surface area contributed by atoms with Crippen molar-refractivity contribution in [1.82, 2.24) is 10.6 Å². The molecule has 3 nitrogen and oxygen atoms in total. The summed E-state index contributed by atoms with van der Waals surface area (Å²) < 4.78 is 0. The molecule has 2 fully saturated rings. The predicted octanol–water partition coefficient (Wildman–Crippen LogP) is 2.46. The van der Waals surface area contributed by atoms with Crippen LogP contribution < -0.4 is 10.6 Å². The lowest BCUT2D eigenvalue weighted by Crippen LogP contribution is -2.50. The molecule has 0 radical (unpaired) electrons. The van der Waals surface area contributed by atoms with Gasteiger partial charge in [-0.2, -0.15) is 0 Å². The number of amides is 1. The molecule has 3 heteroatoms. The highest BCUT2D eigenvalue weighted by Crippen LogP contribution is 2.32. The second kappa shape index (κ2) is 6.55. The quantitative estimate of drug-likeness (QED) is 0.762. The van der Waals surface area contributed by atoms with Crippen LogP contribution in [0.25, 0.3) is 0 Å². The maximum atomic E-state index is 12.4. The first kappa shape index (κ1) is 13.9. The van der Waals surface area contributed by atoms with Crippen LogP contribution in [0, 0.1) is 11.3 Å². The molecule has 1 saturated carbocycles. The average Bonchev–Trinajstić information content (AvgIpc) is 2.33. The third-order valence-electron chi connectivity index (χ3n) is 4.75. The number of hydrogen-bond donors (Lipinski definition) is 2. The van der Waals surface area contributed by atoms with Gasteiger partial charge in [-0.15, -0.1) is 0 Å². The maximum Gasteiger partial charge on any atom is 0.227 e. The first-order chi connectivity index (χ1) is 8.77. The van der Waals surface area contributed by atoms with Crippen molar-refractivity contribution in [2.75, 3.05) is 19.6 Å². The van der Waals surface area contributed by atoms with Gasteiger partial charge in [-0.3, -0.25) is 4.79 Å². The van der Waals surface area contributed by atoms with Gasteiger partial charge in [0.1, 0.15) is 0 Å². The summed E-state index contributed by atoms with van der Waals surface area (Å²) >= 11 is 0. The van der Waals surface area contributed by atoms with Crippen molar-refractivity contribution in [3.05, 3.63) is 0 Å². The molecule has 1 heterocycles. The van der Waals surface area contributed by atoms with Crippen LogP contribution in [-0.4, -0.2) is 25.5 Å². The van der Waals surface area contributed by atoms with Crippen LogP contribution in [0.2, 0.25) is 0 Å². The molecule has 1 aliphatic heterocycles. The van der Waals surface area contributed by atoms with Gasteiger partial charge in [0.05, 0.1) is 5.41 Å². The minimum absolute atomic E-state index is 0.118. The molecule has 0 spiro atoms. The lowest BCUT2D eigenvalue weighted by atomic mass is 9.76. The second-order valence-corrected chi connectivity index (χ2v) is 6.15. The molecule has 104 valence electrons. The molecule has 1 aliphatic carbocycles. The van der Waals surface area contributed by atoms with Gasteiger partial charge in [0.2, 0.25) is 5.91 Å². The summed E-state index contributed by atoms with van der Waals surface area (Å²) in [7, 11) is 0. The van der Waals surface area contributed by atoms with Gasteiger partial charge in [0.25, 0.3) is 0 Å². The van der Waals surface area contributed by atoms with E-state index in [0.717, 1.165) is 51.2 Å². The van der Waals surface area contributed by atoms with Crippen molar-refractivity contribution in [3.63, 3.8) is 0 Å². The van der Waals surface area contributed by atoms with E-state index in [-0.39, 0.29) is 5.41 Å². The zero-order valence-electron chi connectivity index (χ0n) is 11.8. The van der Waals surface area contributed by atoms with Crippen molar-refractivity contribution >= 4 is 5.91 Å². The van der Waals surface area contributed by atoms with E-state index in [1.165, 1.54) is 25.7 Å². The smallest absolute Gasteiger partial charge is 0.227 e. The number of carbonyl (C=O) groups excluding carboxylic acids is 1. The highest BCUT2D eigenvalue weighted by molar-refractivity contribution is 5.83. The SMILES string of the molecule is CCCC1(C(=O)NCCC2CCC2)CCCNC1. The lowest BCUT2D eigenvalue weighted by Gasteiger charge is -2.36. The normalized spacial score (nSPS) is 28.7. The third kappa shape index (κ3) is 3.25. The van der Waals surface area contributed by atoms with Gasteiger partial charge in [0, 0.05) is 13.1 Å². The second-order valence-electron chi connectivity index (χ2n) is 6.15. The molecule has 2 rings (SSSR count). The number of nitrogens with one attached hydrogen (secondary N) is 2. The van der Waals surface area contributed by atoms with E-state index in [0.29, 0.717) is 5.91 Å². The molecule has 0 aromatic carbocycles. The summed E-state index contributed by atoms with van der Waals surface area (Å²) in [6.45, 7) is 5.00. The first-order valence-corrected chi connectivity index (χ1v) is 7.76. The molecule has 2 N–H and O–H groups in total. The fraction of sp³-hybridized carbons (Fsp3) is 0.933. The first-order valence-electron chi connectivity index (χ1n) is 7.76. The Hall–Kier alpha value is -0.570. The van der Waals surface area contributed by atoms with Crippen LogP contribution in [-0.2, 0) is 4.79 Å². The van der Waals surface area contributed by atoms with Crippen molar-refractivity contribution in [3.8, 4) is 0 Å². The molecule has 2 aliphatic rings. The highest BCUT2D eigenvalue weighted by atomic mass is 16.2. The van der Waals surface area contributed by atoms with E-state index in [4.69, 9.17) is 0 Å². The molecule has 18 heavy (non-hydrogen) atoms. The van der Waals surface area contributed by atoms with Crippen molar-refractivity contribution in [2.24, 2.45) is 11.3 Å². The fourth-order valence-electron chi connectivity index (χ4n) is 3.33. The Balaban J connectivity index is 1.78. The summed E-state index contributed by atoms with van der Waals surface area (Å²) in [4.78, 5) is 12.4. The minimum Gasteiger partial charge on any atom is -0.356 e. The molecular weight excluding hydrogens is 224 g/mol. The fourth-order valence-corrected chi connectivity index (χ4v) is 3.33. The minimum atomic E-state index is -0.118. The van der Waals surface area contributed by atoms with Crippen LogP contribution >= 0.6 is 0 Å². The van der Waals surface area contributed by atoms with Crippen molar-refractivity contribution in [2.45, 2.75) is 58.3 Å². The predicted molar refractivity (Wildman–Crippen MR) is 74.4 cm³/mol. The van der Waals surface area contributed by atoms with Crippen LogP contribution in [0.1, 0.15) is 58.3 Å². The zero-order chi connectivity index (χ0) is 12.8. The van der Waals surface area contributed by atoms with Crippen LogP contribution in [0.15, 0.2) is 0 Å². The Morgan fingerprint density at radius 3 is 2.78 bits per heavy atom. The average molecular weight is 252 g/mol. The van der Waals surface area contributed by atoms with E-state index in [9.17, 15) is 4.79 Å². The highest BCUT2D eigenvalue weighted by Gasteiger charge is 2.38. The van der Waals surface area contributed by atoms with Gasteiger partial charge < -0.3 is 10.6 Å². The Kier molecular flexibility index (Phi) is 5.04.